The Morgan fingerprint density at radius 2 is 2.07 bits per heavy atom. The molecule has 1 atom stereocenters. The van der Waals surface area contributed by atoms with Crippen LogP contribution >= 0.6 is 12.4 Å². The maximum atomic E-state index is 10.8. The molecule has 3 nitrogen and oxygen atoms in total. The van der Waals surface area contributed by atoms with Crippen LogP contribution in [0.5, 0.6) is 0 Å². The fraction of sp³-hybridized carbons (Fsp3) is 0.900. The van der Waals surface area contributed by atoms with Gasteiger partial charge in [-0.2, -0.15) is 0 Å². The molecule has 0 saturated carbocycles. The molecule has 0 fully saturated rings. The molecule has 2 N–H and O–H groups in total. The summed E-state index contributed by atoms with van der Waals surface area (Å²) in [6, 6.07) is 0. The number of methoxy groups -OCH3 is 1. The first-order valence-electron chi connectivity index (χ1n) is 5.01. The molecule has 0 bridgehead atoms. The third-order valence-corrected chi connectivity index (χ3v) is 2.25. The second-order valence-electron chi connectivity index (χ2n) is 3.36. The Labute approximate surface area is 92.8 Å². The molecule has 0 aliphatic carbocycles. The molecule has 0 aromatic rings. The Morgan fingerprint density at radius 1 is 1.43 bits per heavy atom. The SMILES string of the molecule is CCCC(CN)CCCC(=O)OC.Cl. The van der Waals surface area contributed by atoms with E-state index in [-0.39, 0.29) is 18.4 Å². The highest BCUT2D eigenvalue weighted by Gasteiger charge is 2.06. The third kappa shape index (κ3) is 8.32. The Hall–Kier alpha value is -0.280. The number of rotatable bonds is 7. The average molecular weight is 224 g/mol. The molecule has 0 aromatic carbocycles. The number of carbonyl (C=O) groups excluding carboxylic acids is 1. The second kappa shape index (κ2) is 10.8. The van der Waals surface area contributed by atoms with Crippen molar-refractivity contribution in [2.75, 3.05) is 13.7 Å². The van der Waals surface area contributed by atoms with Crippen molar-refractivity contribution in [3.63, 3.8) is 0 Å². The largest absolute Gasteiger partial charge is 0.469 e. The lowest BCUT2D eigenvalue weighted by molar-refractivity contribution is -0.140. The molecule has 14 heavy (non-hydrogen) atoms. The van der Waals surface area contributed by atoms with E-state index in [0.29, 0.717) is 12.3 Å². The van der Waals surface area contributed by atoms with Gasteiger partial charge in [0.05, 0.1) is 7.11 Å². The van der Waals surface area contributed by atoms with Gasteiger partial charge in [-0.05, 0) is 31.7 Å². The molecule has 1 unspecified atom stereocenters. The molecular weight excluding hydrogens is 202 g/mol. The maximum Gasteiger partial charge on any atom is 0.305 e. The lowest BCUT2D eigenvalue weighted by Gasteiger charge is -2.12. The summed E-state index contributed by atoms with van der Waals surface area (Å²) in [4.78, 5) is 10.8. The number of hydrogen-bond donors (Lipinski definition) is 1. The van der Waals surface area contributed by atoms with Gasteiger partial charge in [-0.25, -0.2) is 0 Å². The van der Waals surface area contributed by atoms with Crippen LogP contribution in [0.15, 0.2) is 0 Å². The van der Waals surface area contributed by atoms with Gasteiger partial charge in [0.2, 0.25) is 0 Å². The third-order valence-electron chi connectivity index (χ3n) is 2.25. The summed E-state index contributed by atoms with van der Waals surface area (Å²) in [6.07, 6.45) is 4.79. The molecule has 0 aromatic heterocycles. The van der Waals surface area contributed by atoms with Crippen LogP contribution in [-0.4, -0.2) is 19.6 Å². The molecule has 0 rings (SSSR count). The van der Waals surface area contributed by atoms with Crippen LogP contribution in [-0.2, 0) is 9.53 Å². The summed E-state index contributed by atoms with van der Waals surface area (Å²) in [5, 5.41) is 0. The highest BCUT2D eigenvalue weighted by molar-refractivity contribution is 5.85. The molecule has 0 spiro atoms. The number of nitrogens with two attached hydrogens (primary N) is 1. The Balaban J connectivity index is 0. The number of halogens is 1. The number of esters is 1. The first-order chi connectivity index (χ1) is 6.24. The molecular formula is C10H22ClNO2. The van der Waals surface area contributed by atoms with Gasteiger partial charge in [0.1, 0.15) is 0 Å². The van der Waals surface area contributed by atoms with Crippen LogP contribution in [0.3, 0.4) is 0 Å². The van der Waals surface area contributed by atoms with Crippen LogP contribution < -0.4 is 5.73 Å². The van der Waals surface area contributed by atoms with Crippen molar-refractivity contribution in [2.24, 2.45) is 11.7 Å². The summed E-state index contributed by atoms with van der Waals surface area (Å²) in [5.41, 5.74) is 5.59. The molecule has 86 valence electrons. The predicted octanol–water partition coefficient (Wildman–Crippen LogP) is 2.13. The van der Waals surface area contributed by atoms with Gasteiger partial charge in [0.15, 0.2) is 0 Å². The van der Waals surface area contributed by atoms with E-state index in [4.69, 9.17) is 5.73 Å². The summed E-state index contributed by atoms with van der Waals surface area (Å²) in [5.74, 6) is 0.460. The Kier molecular flexibility index (Phi) is 12.5. The van der Waals surface area contributed by atoms with Crippen molar-refractivity contribution in [1.29, 1.82) is 0 Å². The van der Waals surface area contributed by atoms with Crippen LogP contribution in [0.2, 0.25) is 0 Å². The van der Waals surface area contributed by atoms with Crippen LogP contribution in [0.1, 0.15) is 39.0 Å². The minimum Gasteiger partial charge on any atom is -0.469 e. The summed E-state index contributed by atoms with van der Waals surface area (Å²) in [7, 11) is 1.43. The van der Waals surface area contributed by atoms with E-state index >= 15 is 0 Å². The molecule has 0 aliphatic heterocycles. The number of ether oxygens (including phenoxy) is 1. The van der Waals surface area contributed by atoms with Gasteiger partial charge in [0, 0.05) is 6.42 Å². The van der Waals surface area contributed by atoms with E-state index in [9.17, 15) is 4.79 Å². The summed E-state index contributed by atoms with van der Waals surface area (Å²) >= 11 is 0. The monoisotopic (exact) mass is 223 g/mol. The van der Waals surface area contributed by atoms with Gasteiger partial charge >= 0.3 is 5.97 Å². The lowest BCUT2D eigenvalue weighted by Crippen LogP contribution is -2.14. The zero-order chi connectivity index (χ0) is 10.1. The van der Waals surface area contributed by atoms with Gasteiger partial charge in [-0.15, -0.1) is 12.4 Å². The Bertz CT molecular complexity index is 142. The molecule has 0 radical (unpaired) electrons. The van der Waals surface area contributed by atoms with Crippen molar-refractivity contribution in [1.82, 2.24) is 0 Å². The summed E-state index contributed by atoms with van der Waals surface area (Å²) < 4.78 is 4.56. The van der Waals surface area contributed by atoms with E-state index < -0.39 is 0 Å². The highest BCUT2D eigenvalue weighted by atomic mass is 35.5. The zero-order valence-corrected chi connectivity index (χ0v) is 9.94. The smallest absolute Gasteiger partial charge is 0.305 e. The van der Waals surface area contributed by atoms with Crippen LogP contribution in [0.25, 0.3) is 0 Å². The normalized spacial score (nSPS) is 11.6. The van der Waals surface area contributed by atoms with Crippen molar-refractivity contribution in [3.05, 3.63) is 0 Å². The van der Waals surface area contributed by atoms with Gasteiger partial charge in [-0.3, -0.25) is 4.79 Å². The topological polar surface area (TPSA) is 52.3 Å². The first-order valence-corrected chi connectivity index (χ1v) is 5.01. The molecule has 0 heterocycles. The van der Waals surface area contributed by atoms with E-state index in [0.717, 1.165) is 25.8 Å². The fourth-order valence-electron chi connectivity index (χ4n) is 1.43. The average Bonchev–Trinajstić information content (AvgIpc) is 2.16. The fourth-order valence-corrected chi connectivity index (χ4v) is 1.43. The van der Waals surface area contributed by atoms with E-state index in [2.05, 4.69) is 11.7 Å². The van der Waals surface area contributed by atoms with Crippen molar-refractivity contribution in [3.8, 4) is 0 Å². The minimum atomic E-state index is -0.118. The molecule has 0 amide bonds. The molecule has 0 aliphatic rings. The van der Waals surface area contributed by atoms with Gasteiger partial charge in [0.25, 0.3) is 0 Å². The van der Waals surface area contributed by atoms with Crippen LogP contribution in [0.4, 0.5) is 0 Å². The van der Waals surface area contributed by atoms with Gasteiger partial charge < -0.3 is 10.5 Å². The van der Waals surface area contributed by atoms with E-state index in [1.54, 1.807) is 0 Å². The maximum absolute atomic E-state index is 10.8. The molecule has 0 saturated heterocycles. The second-order valence-corrected chi connectivity index (χ2v) is 3.36. The minimum absolute atomic E-state index is 0. The summed E-state index contributed by atoms with van der Waals surface area (Å²) in [6.45, 7) is 2.89. The van der Waals surface area contributed by atoms with E-state index in [1.807, 2.05) is 0 Å². The Morgan fingerprint density at radius 3 is 2.50 bits per heavy atom. The number of carbonyl (C=O) groups is 1. The first kappa shape index (κ1) is 16.2. The van der Waals surface area contributed by atoms with Gasteiger partial charge in [-0.1, -0.05) is 13.3 Å². The zero-order valence-electron chi connectivity index (χ0n) is 9.12. The molecule has 4 heteroatoms. The standard InChI is InChI=1S/C10H21NO2.ClH/c1-3-5-9(8-11)6-4-7-10(12)13-2;/h9H,3-8,11H2,1-2H3;1H. The highest BCUT2D eigenvalue weighted by Crippen LogP contribution is 2.13. The predicted molar refractivity (Wildman–Crippen MR) is 60.6 cm³/mol. The quantitative estimate of drug-likeness (QED) is 0.673. The van der Waals surface area contributed by atoms with E-state index in [1.165, 1.54) is 13.5 Å². The van der Waals surface area contributed by atoms with Crippen molar-refractivity contribution >= 4 is 18.4 Å². The van der Waals surface area contributed by atoms with Crippen LogP contribution in [0, 0.1) is 5.92 Å². The lowest BCUT2D eigenvalue weighted by atomic mass is 9.97. The van der Waals surface area contributed by atoms with Crippen molar-refractivity contribution < 1.29 is 9.53 Å². The number of hydrogen-bond acceptors (Lipinski definition) is 3. The van der Waals surface area contributed by atoms with Crippen molar-refractivity contribution in [2.45, 2.75) is 39.0 Å².